The van der Waals surface area contributed by atoms with Gasteiger partial charge in [-0.3, -0.25) is 4.79 Å². The molecule has 0 spiro atoms. The molecule has 9 nitrogen and oxygen atoms in total. The second-order valence-corrected chi connectivity index (χ2v) is 6.53. The van der Waals surface area contributed by atoms with Crippen LogP contribution in [0.15, 0.2) is 35.0 Å². The summed E-state index contributed by atoms with van der Waals surface area (Å²) < 4.78 is 27.2. The Balaban J connectivity index is 2.15. The molecule has 2 aromatic carbocycles. The van der Waals surface area contributed by atoms with Crippen molar-refractivity contribution in [1.29, 1.82) is 0 Å². The molecule has 1 amide bonds. The van der Waals surface area contributed by atoms with Gasteiger partial charge in [0.05, 0.1) is 46.0 Å². The second-order valence-electron chi connectivity index (χ2n) is 6.53. The molecule has 3 rings (SSSR count). The summed E-state index contributed by atoms with van der Waals surface area (Å²) in [6.45, 7) is 1.76. The van der Waals surface area contributed by atoms with Crippen molar-refractivity contribution in [3.8, 4) is 45.4 Å². The van der Waals surface area contributed by atoms with Crippen LogP contribution in [0.2, 0.25) is 0 Å². The van der Waals surface area contributed by atoms with Crippen LogP contribution in [0.1, 0.15) is 13.3 Å². The third kappa shape index (κ3) is 4.20. The van der Waals surface area contributed by atoms with Crippen LogP contribution in [0.4, 0.5) is 11.4 Å². The topological polar surface area (TPSA) is 118 Å². The van der Waals surface area contributed by atoms with Crippen LogP contribution in [0, 0.1) is 0 Å². The molecule has 0 saturated carbocycles. The SMILES string of the molecule is CCC(=O)Nc1cc(-c2cnoc2-c2cc(OC)c(OC)c(OC)c2)cc(N)c1OC. The fourth-order valence-electron chi connectivity index (χ4n) is 3.23. The first-order valence-electron chi connectivity index (χ1n) is 9.50. The number of nitrogens with one attached hydrogen (secondary N) is 1. The molecule has 0 atom stereocenters. The number of aromatic nitrogens is 1. The molecule has 0 aliphatic heterocycles. The van der Waals surface area contributed by atoms with E-state index in [1.807, 2.05) is 0 Å². The number of amides is 1. The van der Waals surface area contributed by atoms with Crippen LogP contribution < -0.4 is 30.0 Å². The number of nitrogen functional groups attached to an aromatic ring is 1. The van der Waals surface area contributed by atoms with Crippen LogP contribution >= 0.6 is 0 Å². The lowest BCUT2D eigenvalue weighted by Gasteiger charge is -2.15. The van der Waals surface area contributed by atoms with Gasteiger partial charge in [-0.15, -0.1) is 0 Å². The maximum absolute atomic E-state index is 12.0. The van der Waals surface area contributed by atoms with Gasteiger partial charge in [0, 0.05) is 17.5 Å². The molecule has 31 heavy (non-hydrogen) atoms. The number of hydrogen-bond donors (Lipinski definition) is 2. The number of methoxy groups -OCH3 is 4. The van der Waals surface area contributed by atoms with E-state index in [0.717, 1.165) is 0 Å². The van der Waals surface area contributed by atoms with E-state index in [1.54, 1.807) is 37.4 Å². The Bertz CT molecular complexity index is 1070. The van der Waals surface area contributed by atoms with Gasteiger partial charge >= 0.3 is 0 Å². The van der Waals surface area contributed by atoms with Crippen LogP contribution in [0.5, 0.6) is 23.0 Å². The number of nitrogens with two attached hydrogens (primary N) is 1. The summed E-state index contributed by atoms with van der Waals surface area (Å²) in [5.74, 6) is 2.11. The average Bonchev–Trinajstić information content (AvgIpc) is 3.27. The highest BCUT2D eigenvalue weighted by molar-refractivity contribution is 5.96. The van der Waals surface area contributed by atoms with Gasteiger partial charge in [0.15, 0.2) is 23.0 Å². The molecule has 0 fully saturated rings. The van der Waals surface area contributed by atoms with Crippen LogP contribution in [0.25, 0.3) is 22.5 Å². The van der Waals surface area contributed by atoms with Gasteiger partial charge in [0.1, 0.15) is 0 Å². The molecule has 1 aromatic heterocycles. The minimum absolute atomic E-state index is 0.162. The van der Waals surface area contributed by atoms with Crippen molar-refractivity contribution in [2.75, 3.05) is 39.5 Å². The zero-order valence-electron chi connectivity index (χ0n) is 18.1. The first-order chi connectivity index (χ1) is 15.0. The normalized spacial score (nSPS) is 10.5. The summed E-state index contributed by atoms with van der Waals surface area (Å²) in [5, 5.41) is 6.77. The van der Waals surface area contributed by atoms with Crippen molar-refractivity contribution >= 4 is 17.3 Å². The summed E-state index contributed by atoms with van der Waals surface area (Å²) in [5.41, 5.74) is 9.03. The number of carbonyl (C=O) groups is 1. The van der Waals surface area contributed by atoms with E-state index < -0.39 is 0 Å². The summed E-state index contributed by atoms with van der Waals surface area (Å²) in [6, 6.07) is 7.02. The number of nitrogens with zero attached hydrogens (tertiary/aromatic N) is 1. The predicted molar refractivity (Wildman–Crippen MR) is 117 cm³/mol. The fraction of sp³-hybridized carbons (Fsp3) is 0.273. The van der Waals surface area contributed by atoms with E-state index in [2.05, 4.69) is 10.5 Å². The minimum Gasteiger partial charge on any atom is -0.493 e. The largest absolute Gasteiger partial charge is 0.493 e. The van der Waals surface area contributed by atoms with Crippen molar-refractivity contribution in [2.45, 2.75) is 13.3 Å². The van der Waals surface area contributed by atoms with Crippen LogP contribution in [0.3, 0.4) is 0 Å². The smallest absolute Gasteiger partial charge is 0.224 e. The van der Waals surface area contributed by atoms with Crippen molar-refractivity contribution in [2.24, 2.45) is 0 Å². The molecular weight excluding hydrogens is 402 g/mol. The Morgan fingerprint density at radius 3 is 2.16 bits per heavy atom. The number of rotatable bonds is 8. The molecule has 0 aliphatic carbocycles. The van der Waals surface area contributed by atoms with Crippen molar-refractivity contribution in [3.05, 3.63) is 30.5 Å². The zero-order valence-corrected chi connectivity index (χ0v) is 18.1. The minimum atomic E-state index is -0.162. The monoisotopic (exact) mass is 427 g/mol. The predicted octanol–water partition coefficient (Wildman–Crippen LogP) is 3.97. The Morgan fingerprint density at radius 2 is 1.61 bits per heavy atom. The molecule has 0 unspecified atom stereocenters. The second kappa shape index (κ2) is 9.29. The maximum atomic E-state index is 12.0. The Hall–Kier alpha value is -3.88. The van der Waals surface area contributed by atoms with Gasteiger partial charge in [0.25, 0.3) is 0 Å². The molecule has 3 N–H and O–H groups in total. The molecule has 9 heteroatoms. The molecule has 0 aliphatic rings. The fourth-order valence-corrected chi connectivity index (χ4v) is 3.23. The number of carbonyl (C=O) groups excluding carboxylic acids is 1. The molecule has 3 aromatic rings. The first kappa shape index (κ1) is 21.8. The van der Waals surface area contributed by atoms with E-state index in [9.17, 15) is 4.79 Å². The zero-order chi connectivity index (χ0) is 22.5. The number of hydrogen-bond acceptors (Lipinski definition) is 8. The molecule has 1 heterocycles. The van der Waals surface area contributed by atoms with Gasteiger partial charge in [-0.05, 0) is 29.8 Å². The summed E-state index contributed by atoms with van der Waals surface area (Å²) in [7, 11) is 6.10. The lowest BCUT2D eigenvalue weighted by atomic mass is 10.00. The molecule has 0 saturated heterocycles. The Kier molecular flexibility index (Phi) is 6.54. The van der Waals surface area contributed by atoms with Gasteiger partial charge in [-0.1, -0.05) is 12.1 Å². The Morgan fingerprint density at radius 1 is 0.968 bits per heavy atom. The van der Waals surface area contributed by atoms with E-state index >= 15 is 0 Å². The summed E-state index contributed by atoms with van der Waals surface area (Å²) in [6.07, 6.45) is 1.89. The van der Waals surface area contributed by atoms with E-state index in [-0.39, 0.29) is 5.91 Å². The van der Waals surface area contributed by atoms with E-state index in [4.69, 9.17) is 29.2 Å². The van der Waals surface area contributed by atoms with Crippen LogP contribution in [-0.2, 0) is 4.79 Å². The van der Waals surface area contributed by atoms with E-state index in [1.165, 1.54) is 28.4 Å². The molecular formula is C22H25N3O6. The third-order valence-corrected chi connectivity index (χ3v) is 4.73. The lowest BCUT2D eigenvalue weighted by molar-refractivity contribution is -0.115. The van der Waals surface area contributed by atoms with Gasteiger partial charge in [-0.2, -0.15) is 0 Å². The molecule has 0 bridgehead atoms. The van der Waals surface area contributed by atoms with Gasteiger partial charge in [-0.25, -0.2) is 0 Å². The van der Waals surface area contributed by atoms with Crippen molar-refractivity contribution in [3.63, 3.8) is 0 Å². The quantitative estimate of drug-likeness (QED) is 0.519. The summed E-state index contributed by atoms with van der Waals surface area (Å²) in [4.78, 5) is 12.0. The third-order valence-electron chi connectivity index (χ3n) is 4.73. The number of ether oxygens (including phenoxy) is 4. The van der Waals surface area contributed by atoms with Crippen molar-refractivity contribution < 1.29 is 28.3 Å². The highest BCUT2D eigenvalue weighted by atomic mass is 16.5. The maximum Gasteiger partial charge on any atom is 0.224 e. The van der Waals surface area contributed by atoms with Gasteiger partial charge < -0.3 is 34.5 Å². The number of benzene rings is 2. The summed E-state index contributed by atoms with van der Waals surface area (Å²) >= 11 is 0. The van der Waals surface area contributed by atoms with Crippen molar-refractivity contribution in [1.82, 2.24) is 5.16 Å². The standard InChI is InChI=1S/C22H25N3O6/c1-6-19(26)25-16-8-12(7-15(23)21(16)29-4)14-11-24-31-20(14)13-9-17(27-2)22(30-5)18(10-13)28-3/h7-11H,6,23H2,1-5H3,(H,25,26). The van der Waals surface area contributed by atoms with Gasteiger partial charge in [0.2, 0.25) is 11.7 Å². The molecule has 0 radical (unpaired) electrons. The Labute approximate surface area is 180 Å². The highest BCUT2D eigenvalue weighted by Crippen LogP contribution is 2.44. The van der Waals surface area contributed by atoms with Crippen LogP contribution in [-0.4, -0.2) is 39.5 Å². The lowest BCUT2D eigenvalue weighted by Crippen LogP contribution is -2.11. The number of anilines is 2. The molecule has 164 valence electrons. The van der Waals surface area contributed by atoms with E-state index in [0.29, 0.717) is 63.2 Å². The first-order valence-corrected chi connectivity index (χ1v) is 9.50. The average molecular weight is 427 g/mol. The highest BCUT2D eigenvalue weighted by Gasteiger charge is 2.21.